The fourth-order valence-corrected chi connectivity index (χ4v) is 4.13. The summed E-state index contributed by atoms with van der Waals surface area (Å²) in [5.41, 5.74) is 4.59. The number of anilines is 2. The molecule has 0 aromatic heterocycles. The van der Waals surface area contributed by atoms with Crippen molar-refractivity contribution in [2.75, 3.05) is 17.7 Å². The Morgan fingerprint density at radius 2 is 1.81 bits per heavy atom. The number of halogens is 1. The topological polar surface area (TPSA) is 50.4 Å². The Morgan fingerprint density at radius 1 is 1.07 bits per heavy atom. The van der Waals surface area contributed by atoms with Crippen LogP contribution in [0.2, 0.25) is 5.02 Å². The first-order chi connectivity index (χ1) is 12.9. The molecule has 0 fully saturated rings. The molecule has 4 nitrogen and oxygen atoms in total. The number of carbonyl (C=O) groups excluding carboxylic acids is 1. The van der Waals surface area contributed by atoms with Gasteiger partial charge in [-0.25, -0.2) is 0 Å². The maximum atomic E-state index is 13.1. The first-order valence-electron chi connectivity index (χ1n) is 9.10. The Kier molecular flexibility index (Phi) is 4.39. The Bertz CT molecular complexity index is 932. The summed E-state index contributed by atoms with van der Waals surface area (Å²) in [5, 5.41) is 7.71. The number of allylic oxidation sites excluding steroid dienone is 1. The number of ether oxygens (including phenoxy) is 1. The molecule has 4 rings (SSSR count). The number of benzene rings is 2. The molecular formula is C22H23ClN2O2. The van der Waals surface area contributed by atoms with Crippen LogP contribution in [-0.4, -0.2) is 12.9 Å². The highest BCUT2D eigenvalue weighted by atomic mass is 35.5. The minimum Gasteiger partial charge on any atom is -0.497 e. The van der Waals surface area contributed by atoms with Crippen molar-refractivity contribution in [1.82, 2.24) is 0 Å². The van der Waals surface area contributed by atoms with Gasteiger partial charge in [-0.1, -0.05) is 37.6 Å². The van der Waals surface area contributed by atoms with E-state index in [4.69, 9.17) is 16.3 Å². The van der Waals surface area contributed by atoms with E-state index in [0.29, 0.717) is 11.4 Å². The summed E-state index contributed by atoms with van der Waals surface area (Å²) in [6.45, 7) is 4.28. The quantitative estimate of drug-likeness (QED) is 0.712. The first kappa shape index (κ1) is 17.9. The SMILES string of the molecule is COc1ccc(C2Nc3cc(Cl)ccc3NC3=C2C(=O)CC(C)(C)C3)cc1. The number of hydrogen-bond donors (Lipinski definition) is 2. The molecule has 27 heavy (non-hydrogen) atoms. The van der Waals surface area contributed by atoms with Crippen molar-refractivity contribution in [2.24, 2.45) is 5.41 Å². The van der Waals surface area contributed by atoms with Crippen LogP contribution in [0, 0.1) is 5.41 Å². The monoisotopic (exact) mass is 382 g/mol. The molecule has 0 saturated heterocycles. The highest BCUT2D eigenvalue weighted by Gasteiger charge is 2.38. The van der Waals surface area contributed by atoms with Crippen molar-refractivity contribution in [2.45, 2.75) is 32.7 Å². The fraction of sp³-hybridized carbons (Fsp3) is 0.318. The van der Waals surface area contributed by atoms with Gasteiger partial charge in [0.2, 0.25) is 0 Å². The van der Waals surface area contributed by atoms with Gasteiger partial charge in [0.1, 0.15) is 5.75 Å². The van der Waals surface area contributed by atoms with Gasteiger partial charge in [-0.05, 0) is 47.7 Å². The standard InChI is InChI=1S/C22H23ClN2O2/c1-22(2)11-18-20(19(26)12-22)21(13-4-7-15(27-3)8-5-13)25-17-10-14(23)6-9-16(17)24-18/h4-10,21,24-25H,11-12H2,1-3H3. The molecule has 2 aliphatic rings. The van der Waals surface area contributed by atoms with Crippen LogP contribution >= 0.6 is 11.6 Å². The highest BCUT2D eigenvalue weighted by molar-refractivity contribution is 6.31. The summed E-state index contributed by atoms with van der Waals surface area (Å²) in [4.78, 5) is 13.1. The number of carbonyl (C=O) groups is 1. The third kappa shape index (κ3) is 3.42. The molecule has 0 amide bonds. The number of Topliss-reactive ketones (excluding diaryl/α,β-unsaturated/α-hetero) is 1. The molecule has 140 valence electrons. The summed E-state index contributed by atoms with van der Waals surface area (Å²) in [6.07, 6.45) is 1.36. The lowest BCUT2D eigenvalue weighted by atomic mass is 9.73. The molecular weight excluding hydrogens is 360 g/mol. The van der Waals surface area contributed by atoms with E-state index in [1.54, 1.807) is 7.11 Å². The number of rotatable bonds is 2. The molecule has 1 unspecified atom stereocenters. The van der Waals surface area contributed by atoms with E-state index < -0.39 is 0 Å². The Hall–Kier alpha value is -2.46. The van der Waals surface area contributed by atoms with Crippen LogP contribution in [0.4, 0.5) is 11.4 Å². The lowest BCUT2D eigenvalue weighted by Gasteiger charge is -2.34. The molecule has 0 spiro atoms. The molecule has 2 aromatic carbocycles. The Morgan fingerprint density at radius 3 is 2.52 bits per heavy atom. The van der Waals surface area contributed by atoms with Crippen molar-refractivity contribution < 1.29 is 9.53 Å². The molecule has 0 saturated carbocycles. The van der Waals surface area contributed by atoms with Gasteiger partial charge in [0, 0.05) is 22.7 Å². The molecule has 0 bridgehead atoms. The maximum absolute atomic E-state index is 13.1. The summed E-state index contributed by atoms with van der Waals surface area (Å²) in [5.74, 6) is 0.972. The third-order valence-corrected chi connectivity index (χ3v) is 5.46. The Balaban J connectivity index is 1.86. The normalized spacial score (nSPS) is 20.7. The second-order valence-electron chi connectivity index (χ2n) is 8.00. The highest BCUT2D eigenvalue weighted by Crippen LogP contribution is 2.45. The molecule has 1 heterocycles. The van der Waals surface area contributed by atoms with Gasteiger partial charge in [0.15, 0.2) is 5.78 Å². The second kappa shape index (κ2) is 6.61. The van der Waals surface area contributed by atoms with E-state index in [1.165, 1.54) is 0 Å². The van der Waals surface area contributed by atoms with Crippen molar-refractivity contribution >= 4 is 28.8 Å². The van der Waals surface area contributed by atoms with Crippen LogP contribution in [0.3, 0.4) is 0 Å². The number of nitrogens with one attached hydrogen (secondary N) is 2. The van der Waals surface area contributed by atoms with E-state index in [9.17, 15) is 4.79 Å². The molecule has 1 aliphatic carbocycles. The van der Waals surface area contributed by atoms with Crippen LogP contribution in [-0.2, 0) is 4.79 Å². The maximum Gasteiger partial charge on any atom is 0.163 e. The number of hydrogen-bond acceptors (Lipinski definition) is 4. The number of methoxy groups -OCH3 is 1. The molecule has 1 atom stereocenters. The summed E-state index contributed by atoms with van der Waals surface area (Å²) in [7, 11) is 1.65. The first-order valence-corrected chi connectivity index (χ1v) is 9.47. The van der Waals surface area contributed by atoms with Gasteiger partial charge in [0.05, 0.1) is 24.5 Å². The third-order valence-electron chi connectivity index (χ3n) is 5.22. The lowest BCUT2D eigenvalue weighted by molar-refractivity contribution is -0.118. The summed E-state index contributed by atoms with van der Waals surface area (Å²) >= 11 is 6.23. The smallest absolute Gasteiger partial charge is 0.163 e. The predicted octanol–water partition coefficient (Wildman–Crippen LogP) is 5.57. The fourth-order valence-electron chi connectivity index (χ4n) is 3.96. The molecule has 2 N–H and O–H groups in total. The van der Waals surface area contributed by atoms with Crippen molar-refractivity contribution in [3.63, 3.8) is 0 Å². The molecule has 1 aliphatic heterocycles. The van der Waals surface area contributed by atoms with Crippen LogP contribution < -0.4 is 15.4 Å². The average Bonchev–Trinajstić information content (AvgIpc) is 2.77. The summed E-state index contributed by atoms with van der Waals surface area (Å²) in [6, 6.07) is 13.3. The van der Waals surface area contributed by atoms with Crippen molar-refractivity contribution in [3.05, 3.63) is 64.3 Å². The van der Waals surface area contributed by atoms with Crippen molar-refractivity contribution in [1.29, 1.82) is 0 Å². The van der Waals surface area contributed by atoms with Crippen LogP contribution in [0.15, 0.2) is 53.7 Å². The largest absolute Gasteiger partial charge is 0.497 e. The van der Waals surface area contributed by atoms with Gasteiger partial charge in [-0.3, -0.25) is 4.79 Å². The predicted molar refractivity (Wildman–Crippen MR) is 109 cm³/mol. The average molecular weight is 383 g/mol. The van der Waals surface area contributed by atoms with E-state index in [-0.39, 0.29) is 17.2 Å². The van der Waals surface area contributed by atoms with Crippen molar-refractivity contribution in [3.8, 4) is 5.75 Å². The van der Waals surface area contributed by atoms with E-state index in [1.807, 2.05) is 42.5 Å². The second-order valence-corrected chi connectivity index (χ2v) is 8.44. The van der Waals surface area contributed by atoms with Gasteiger partial charge in [-0.2, -0.15) is 0 Å². The van der Waals surface area contributed by atoms with Crippen LogP contribution in [0.1, 0.15) is 38.3 Å². The molecule has 0 radical (unpaired) electrons. The number of ketones is 1. The molecule has 2 aromatic rings. The molecule has 5 heteroatoms. The summed E-state index contributed by atoms with van der Waals surface area (Å²) < 4.78 is 5.28. The van der Waals surface area contributed by atoms with Gasteiger partial charge >= 0.3 is 0 Å². The van der Waals surface area contributed by atoms with Gasteiger partial charge in [-0.15, -0.1) is 0 Å². The minimum absolute atomic E-state index is 0.0652. The van der Waals surface area contributed by atoms with E-state index in [2.05, 4.69) is 24.5 Å². The van der Waals surface area contributed by atoms with Crippen LogP contribution in [0.25, 0.3) is 0 Å². The van der Waals surface area contributed by atoms with E-state index in [0.717, 1.165) is 40.4 Å². The minimum atomic E-state index is -0.235. The lowest BCUT2D eigenvalue weighted by Crippen LogP contribution is -2.31. The van der Waals surface area contributed by atoms with Gasteiger partial charge < -0.3 is 15.4 Å². The van der Waals surface area contributed by atoms with E-state index >= 15 is 0 Å². The zero-order valence-corrected chi connectivity index (χ0v) is 16.5. The Labute approximate surface area is 164 Å². The number of fused-ring (bicyclic) bond motifs is 1. The zero-order valence-electron chi connectivity index (χ0n) is 15.7. The zero-order chi connectivity index (χ0) is 19.2. The van der Waals surface area contributed by atoms with Gasteiger partial charge in [0.25, 0.3) is 0 Å². The van der Waals surface area contributed by atoms with Crippen LogP contribution in [0.5, 0.6) is 5.75 Å².